The summed E-state index contributed by atoms with van der Waals surface area (Å²) in [6.07, 6.45) is 2.94. The van der Waals surface area contributed by atoms with Crippen LogP contribution in [0.4, 0.5) is 0 Å². The Morgan fingerprint density at radius 3 is 2.68 bits per heavy atom. The lowest BCUT2D eigenvalue weighted by Crippen LogP contribution is -2.38. The van der Waals surface area contributed by atoms with Crippen molar-refractivity contribution in [2.75, 3.05) is 27.3 Å². The number of nitrogens with one attached hydrogen (secondary N) is 3. The lowest BCUT2D eigenvalue weighted by atomic mass is 10.1. The van der Waals surface area contributed by atoms with Gasteiger partial charge in [-0.3, -0.25) is 0 Å². The predicted octanol–water partition coefficient (Wildman–Crippen LogP) is 3.88. The van der Waals surface area contributed by atoms with E-state index in [1.54, 1.807) is 12.1 Å². The molecule has 0 bridgehead atoms. The zero-order chi connectivity index (χ0) is 21.3. The molecule has 0 spiro atoms. The highest BCUT2D eigenvalue weighted by Crippen LogP contribution is 2.21. The maximum Gasteiger partial charge on any atom is 0.341 e. The summed E-state index contributed by atoms with van der Waals surface area (Å²) in [4.78, 5) is 19.9. The van der Waals surface area contributed by atoms with Crippen LogP contribution in [0.5, 0.6) is 5.75 Å². The van der Waals surface area contributed by atoms with E-state index < -0.39 is 5.97 Å². The number of hydrogen-bond acceptors (Lipinski definition) is 4. The van der Waals surface area contributed by atoms with Gasteiger partial charge in [-0.15, -0.1) is 24.0 Å². The van der Waals surface area contributed by atoms with Gasteiger partial charge in [0.15, 0.2) is 5.96 Å². The minimum absolute atomic E-state index is 0. The number of carbonyl (C=O) groups excluding carboxylic acids is 1. The van der Waals surface area contributed by atoms with Crippen molar-refractivity contribution >= 4 is 46.8 Å². The largest absolute Gasteiger partial charge is 0.496 e. The molecule has 0 fully saturated rings. The van der Waals surface area contributed by atoms with Crippen LogP contribution >= 0.6 is 24.0 Å². The molecule has 0 aliphatic rings. The number of aliphatic imine (C=N–C) groups is 1. The van der Waals surface area contributed by atoms with Crippen LogP contribution in [0.3, 0.4) is 0 Å². The van der Waals surface area contributed by atoms with Crippen molar-refractivity contribution in [3.8, 4) is 5.75 Å². The second kappa shape index (κ2) is 12.2. The number of H-pyrrole nitrogens is 1. The van der Waals surface area contributed by atoms with Crippen LogP contribution in [0.25, 0.3) is 10.9 Å². The fourth-order valence-corrected chi connectivity index (χ4v) is 3.29. The number of aromatic nitrogens is 1. The third-order valence-electron chi connectivity index (χ3n) is 4.79. The molecule has 0 aliphatic heterocycles. The number of carbonyl (C=O) groups is 1. The van der Waals surface area contributed by atoms with E-state index in [2.05, 4.69) is 45.0 Å². The Labute approximate surface area is 199 Å². The second-order valence-corrected chi connectivity index (χ2v) is 6.76. The average Bonchev–Trinajstić information content (AvgIpc) is 3.20. The molecule has 0 unspecified atom stereocenters. The fourth-order valence-electron chi connectivity index (χ4n) is 3.29. The number of benzene rings is 2. The predicted molar refractivity (Wildman–Crippen MR) is 135 cm³/mol. The minimum Gasteiger partial charge on any atom is -0.496 e. The first-order chi connectivity index (χ1) is 14.7. The molecule has 0 amide bonds. The van der Waals surface area contributed by atoms with Crippen molar-refractivity contribution in [3.63, 3.8) is 0 Å². The zero-order valence-electron chi connectivity index (χ0n) is 18.0. The number of hydrogen-bond donors (Lipinski definition) is 3. The van der Waals surface area contributed by atoms with Crippen molar-refractivity contribution < 1.29 is 14.3 Å². The van der Waals surface area contributed by atoms with Crippen molar-refractivity contribution in [2.45, 2.75) is 19.9 Å². The molecular formula is C23H29IN4O3. The summed E-state index contributed by atoms with van der Waals surface area (Å²) >= 11 is 0. The lowest BCUT2D eigenvalue weighted by Gasteiger charge is -2.12. The lowest BCUT2D eigenvalue weighted by molar-refractivity contribution is 0.0597. The maximum absolute atomic E-state index is 12.0. The van der Waals surface area contributed by atoms with Crippen LogP contribution < -0.4 is 15.4 Å². The third kappa shape index (κ3) is 6.36. The van der Waals surface area contributed by atoms with Gasteiger partial charge in [0, 0.05) is 30.2 Å². The van der Waals surface area contributed by atoms with Gasteiger partial charge in [0.2, 0.25) is 0 Å². The van der Waals surface area contributed by atoms with Crippen LogP contribution in [0, 0.1) is 0 Å². The van der Waals surface area contributed by atoms with E-state index in [9.17, 15) is 4.79 Å². The summed E-state index contributed by atoms with van der Waals surface area (Å²) in [6.45, 7) is 3.97. The van der Waals surface area contributed by atoms with E-state index in [0.29, 0.717) is 17.9 Å². The van der Waals surface area contributed by atoms with Crippen LogP contribution in [-0.4, -0.2) is 44.2 Å². The second-order valence-electron chi connectivity index (χ2n) is 6.76. The Balaban J connectivity index is 0.00000341. The van der Waals surface area contributed by atoms with Gasteiger partial charge in [-0.2, -0.15) is 0 Å². The van der Waals surface area contributed by atoms with E-state index in [1.165, 1.54) is 25.2 Å². The first-order valence-corrected chi connectivity index (χ1v) is 9.98. The van der Waals surface area contributed by atoms with Gasteiger partial charge in [0.25, 0.3) is 0 Å². The third-order valence-corrected chi connectivity index (χ3v) is 4.79. The first-order valence-electron chi connectivity index (χ1n) is 9.98. The normalized spacial score (nSPS) is 11.0. The number of esters is 1. The SMILES string of the molecule is CCNC(=NCc1ccc(OC)c(C(=O)OC)c1)NCCc1c[nH]c2ccccc12.I. The van der Waals surface area contributed by atoms with Gasteiger partial charge in [0.1, 0.15) is 11.3 Å². The van der Waals surface area contributed by atoms with Crippen LogP contribution in [-0.2, 0) is 17.7 Å². The van der Waals surface area contributed by atoms with Crippen molar-refractivity contribution in [1.29, 1.82) is 0 Å². The highest BCUT2D eigenvalue weighted by Gasteiger charge is 2.13. The zero-order valence-corrected chi connectivity index (χ0v) is 20.4. The molecule has 1 heterocycles. The van der Waals surface area contributed by atoms with Gasteiger partial charge >= 0.3 is 5.97 Å². The molecule has 8 heteroatoms. The van der Waals surface area contributed by atoms with Gasteiger partial charge < -0.3 is 25.1 Å². The highest BCUT2D eigenvalue weighted by atomic mass is 127. The standard InChI is InChI=1S/C23H28N4O3.HI/c1-4-24-23(25-12-11-17-15-26-20-8-6-5-7-18(17)20)27-14-16-9-10-21(29-2)19(13-16)22(28)30-3;/h5-10,13,15,26H,4,11-12,14H2,1-3H3,(H2,24,25,27);1H. The first kappa shape index (κ1) is 24.5. The number of methoxy groups -OCH3 is 2. The van der Waals surface area contributed by atoms with E-state index >= 15 is 0 Å². The number of para-hydroxylation sites is 1. The summed E-state index contributed by atoms with van der Waals surface area (Å²) in [5.41, 5.74) is 3.70. The molecule has 0 radical (unpaired) electrons. The Kier molecular flexibility index (Phi) is 9.64. The molecule has 0 saturated carbocycles. The van der Waals surface area contributed by atoms with Gasteiger partial charge in [-0.25, -0.2) is 9.79 Å². The monoisotopic (exact) mass is 536 g/mol. The smallest absolute Gasteiger partial charge is 0.341 e. The van der Waals surface area contributed by atoms with Crippen LogP contribution in [0.1, 0.15) is 28.4 Å². The Morgan fingerprint density at radius 1 is 1.13 bits per heavy atom. The molecular weight excluding hydrogens is 507 g/mol. The number of guanidine groups is 1. The molecule has 1 aromatic heterocycles. The summed E-state index contributed by atoms with van der Waals surface area (Å²) in [5.74, 6) is 0.785. The molecule has 166 valence electrons. The number of nitrogens with zero attached hydrogens (tertiary/aromatic N) is 1. The molecule has 3 rings (SSSR count). The Morgan fingerprint density at radius 2 is 1.94 bits per heavy atom. The molecule has 3 N–H and O–H groups in total. The summed E-state index contributed by atoms with van der Waals surface area (Å²) in [7, 11) is 2.88. The molecule has 3 aromatic rings. The van der Waals surface area contributed by atoms with Crippen molar-refractivity contribution in [1.82, 2.24) is 15.6 Å². The minimum atomic E-state index is -0.429. The summed E-state index contributed by atoms with van der Waals surface area (Å²) in [6, 6.07) is 13.7. The summed E-state index contributed by atoms with van der Waals surface area (Å²) in [5, 5.41) is 7.87. The summed E-state index contributed by atoms with van der Waals surface area (Å²) < 4.78 is 10.1. The molecule has 0 atom stereocenters. The van der Waals surface area contributed by atoms with E-state index in [-0.39, 0.29) is 24.0 Å². The fraction of sp³-hybridized carbons (Fsp3) is 0.304. The molecule has 2 aromatic carbocycles. The van der Waals surface area contributed by atoms with Crippen LogP contribution in [0.15, 0.2) is 53.7 Å². The number of aromatic amines is 1. The Hall–Kier alpha value is -2.75. The van der Waals surface area contributed by atoms with Crippen molar-refractivity contribution in [2.24, 2.45) is 4.99 Å². The number of rotatable bonds is 8. The molecule has 0 saturated heterocycles. The van der Waals surface area contributed by atoms with Gasteiger partial charge in [-0.05, 0) is 42.7 Å². The van der Waals surface area contributed by atoms with Crippen LogP contribution in [0.2, 0.25) is 0 Å². The Bertz CT molecular complexity index is 1030. The van der Waals surface area contributed by atoms with E-state index in [1.807, 2.05) is 19.1 Å². The van der Waals surface area contributed by atoms with Gasteiger partial charge in [-0.1, -0.05) is 24.3 Å². The van der Waals surface area contributed by atoms with Crippen molar-refractivity contribution in [3.05, 3.63) is 65.4 Å². The molecule has 31 heavy (non-hydrogen) atoms. The quantitative estimate of drug-likeness (QED) is 0.176. The average molecular weight is 536 g/mol. The molecule has 0 aliphatic carbocycles. The highest BCUT2D eigenvalue weighted by molar-refractivity contribution is 14.0. The number of fused-ring (bicyclic) bond motifs is 1. The topological polar surface area (TPSA) is 87.7 Å². The van der Waals surface area contributed by atoms with E-state index in [0.717, 1.165) is 36.6 Å². The van der Waals surface area contributed by atoms with Gasteiger partial charge in [0.05, 0.1) is 20.8 Å². The number of halogens is 1. The molecule has 7 nitrogen and oxygen atoms in total. The number of ether oxygens (including phenoxy) is 2. The maximum atomic E-state index is 12.0. The van der Waals surface area contributed by atoms with E-state index in [4.69, 9.17) is 9.47 Å².